The molecule has 0 N–H and O–H groups in total. The number of allylic oxidation sites excluding steroid dienone is 4. The fourth-order valence-corrected chi connectivity index (χ4v) is 8.42. The first-order valence-corrected chi connectivity index (χ1v) is 19.3. The molecule has 2 atom stereocenters. The minimum Gasteiger partial charge on any atom is -0.310 e. The van der Waals surface area contributed by atoms with Crippen molar-refractivity contribution in [1.29, 1.82) is 0 Å². The average molecular weight is 696 g/mol. The second-order valence-electron chi connectivity index (χ2n) is 14.5. The second kappa shape index (κ2) is 12.9. The standard InChI is InChI=1S/C49H35N3.C2H6/c1-31-13-15-32(16-14-31)44-9-6-10-45(50-44)33-17-22-38(23-18-33)51-46-11-4-2-7-40(46)42-25-20-36(30-49(42)51)35-21-26-48-43(29-35)41-8-3-5-12-47(41)52(48)39-24-19-34-27-37(34)28-39;1-2/h2-26,28-30,34,37H,27H2,1H3;1-2H3. The van der Waals surface area contributed by atoms with Crippen LogP contribution in [0.1, 0.15) is 25.8 Å². The lowest BCUT2D eigenvalue weighted by molar-refractivity contribution is 0.969. The number of fused-ring (bicyclic) bond motifs is 7. The van der Waals surface area contributed by atoms with Gasteiger partial charge in [0.25, 0.3) is 0 Å². The van der Waals surface area contributed by atoms with Gasteiger partial charge in [0.1, 0.15) is 0 Å². The molecule has 11 rings (SSSR count). The molecule has 1 saturated carbocycles. The summed E-state index contributed by atoms with van der Waals surface area (Å²) in [6, 6.07) is 55.3. The van der Waals surface area contributed by atoms with E-state index in [0.717, 1.165) is 34.1 Å². The number of para-hydroxylation sites is 2. The van der Waals surface area contributed by atoms with E-state index in [1.54, 1.807) is 0 Å². The number of hydrogen-bond acceptors (Lipinski definition) is 1. The minimum atomic E-state index is 0.692. The number of hydrogen-bond donors (Lipinski definition) is 0. The van der Waals surface area contributed by atoms with Crippen molar-refractivity contribution in [3.8, 4) is 39.3 Å². The molecule has 260 valence electrons. The van der Waals surface area contributed by atoms with E-state index in [-0.39, 0.29) is 0 Å². The molecule has 9 aromatic rings. The molecule has 0 radical (unpaired) electrons. The summed E-state index contributed by atoms with van der Waals surface area (Å²) in [6.07, 6.45) is 8.48. The lowest BCUT2D eigenvalue weighted by Gasteiger charge is -2.12. The summed E-state index contributed by atoms with van der Waals surface area (Å²) in [5.41, 5.74) is 15.2. The summed E-state index contributed by atoms with van der Waals surface area (Å²) in [4.78, 5) is 5.04. The lowest BCUT2D eigenvalue weighted by Crippen LogP contribution is -1.98. The smallest absolute Gasteiger partial charge is 0.0709 e. The van der Waals surface area contributed by atoms with Crippen LogP contribution in [0, 0.1) is 18.8 Å². The van der Waals surface area contributed by atoms with Gasteiger partial charge in [-0.15, -0.1) is 0 Å². The van der Waals surface area contributed by atoms with E-state index in [1.807, 2.05) is 13.8 Å². The van der Waals surface area contributed by atoms with Gasteiger partial charge in [0.05, 0.1) is 33.5 Å². The molecule has 3 heteroatoms. The molecule has 54 heavy (non-hydrogen) atoms. The van der Waals surface area contributed by atoms with E-state index < -0.39 is 0 Å². The predicted octanol–water partition coefficient (Wildman–Crippen LogP) is 13.7. The molecule has 3 nitrogen and oxygen atoms in total. The second-order valence-corrected chi connectivity index (χ2v) is 14.5. The normalized spacial score (nSPS) is 16.0. The number of pyridine rings is 1. The van der Waals surface area contributed by atoms with Crippen LogP contribution in [0.4, 0.5) is 0 Å². The Morgan fingerprint density at radius 3 is 1.78 bits per heavy atom. The Morgan fingerprint density at radius 1 is 0.481 bits per heavy atom. The van der Waals surface area contributed by atoms with Crippen molar-refractivity contribution >= 4 is 49.3 Å². The van der Waals surface area contributed by atoms with Gasteiger partial charge in [-0.05, 0) is 97.0 Å². The predicted molar refractivity (Wildman–Crippen MR) is 229 cm³/mol. The Morgan fingerprint density at radius 2 is 1.06 bits per heavy atom. The van der Waals surface area contributed by atoms with Crippen LogP contribution in [0.2, 0.25) is 0 Å². The van der Waals surface area contributed by atoms with Crippen molar-refractivity contribution in [3.05, 3.63) is 175 Å². The highest BCUT2D eigenvalue weighted by atomic mass is 15.0. The van der Waals surface area contributed by atoms with Crippen LogP contribution in [0.25, 0.3) is 88.6 Å². The van der Waals surface area contributed by atoms with Gasteiger partial charge < -0.3 is 9.13 Å². The summed E-state index contributed by atoms with van der Waals surface area (Å²) in [6.45, 7) is 6.11. The Balaban J connectivity index is 0.00000178. The summed E-state index contributed by atoms with van der Waals surface area (Å²) < 4.78 is 4.87. The zero-order valence-electron chi connectivity index (χ0n) is 30.9. The van der Waals surface area contributed by atoms with Crippen LogP contribution < -0.4 is 0 Å². The molecule has 3 heterocycles. The Kier molecular flexibility index (Phi) is 7.69. The van der Waals surface area contributed by atoms with Gasteiger partial charge in [0.2, 0.25) is 0 Å². The van der Waals surface area contributed by atoms with E-state index in [1.165, 1.54) is 72.4 Å². The van der Waals surface area contributed by atoms with Crippen molar-refractivity contribution in [2.45, 2.75) is 27.2 Å². The maximum Gasteiger partial charge on any atom is 0.0709 e. The third-order valence-electron chi connectivity index (χ3n) is 11.2. The number of aromatic nitrogens is 3. The van der Waals surface area contributed by atoms with E-state index in [4.69, 9.17) is 4.98 Å². The van der Waals surface area contributed by atoms with Crippen LogP contribution in [0.3, 0.4) is 0 Å². The van der Waals surface area contributed by atoms with Gasteiger partial charge in [-0.25, -0.2) is 4.98 Å². The molecular formula is C51H41N3. The molecule has 0 bridgehead atoms. The zero-order chi connectivity index (χ0) is 36.3. The summed E-state index contributed by atoms with van der Waals surface area (Å²) in [7, 11) is 0. The van der Waals surface area contributed by atoms with Crippen molar-refractivity contribution in [2.24, 2.45) is 11.8 Å². The molecule has 6 aromatic carbocycles. The van der Waals surface area contributed by atoms with Crippen molar-refractivity contribution in [3.63, 3.8) is 0 Å². The number of aryl methyl sites for hydroxylation is 1. The molecule has 0 amide bonds. The van der Waals surface area contributed by atoms with Crippen LogP contribution in [0.5, 0.6) is 0 Å². The first kappa shape index (κ1) is 32.2. The fourth-order valence-electron chi connectivity index (χ4n) is 8.42. The molecule has 3 aromatic heterocycles. The number of benzene rings is 6. The zero-order valence-corrected chi connectivity index (χ0v) is 30.9. The maximum atomic E-state index is 5.04. The van der Waals surface area contributed by atoms with E-state index >= 15 is 0 Å². The number of rotatable bonds is 5. The molecule has 2 aliphatic rings. The Hall–Kier alpha value is -6.45. The first-order chi connectivity index (χ1) is 26.7. The van der Waals surface area contributed by atoms with E-state index in [9.17, 15) is 0 Å². The van der Waals surface area contributed by atoms with Gasteiger partial charge in [-0.3, -0.25) is 0 Å². The lowest BCUT2D eigenvalue weighted by atomic mass is 10.0. The third-order valence-corrected chi connectivity index (χ3v) is 11.2. The van der Waals surface area contributed by atoms with Crippen molar-refractivity contribution in [2.75, 3.05) is 0 Å². The largest absolute Gasteiger partial charge is 0.310 e. The molecule has 0 saturated heterocycles. The van der Waals surface area contributed by atoms with E-state index in [0.29, 0.717) is 5.92 Å². The van der Waals surface area contributed by atoms with Crippen molar-refractivity contribution in [1.82, 2.24) is 14.1 Å². The van der Waals surface area contributed by atoms with Gasteiger partial charge in [-0.2, -0.15) is 0 Å². The molecular weight excluding hydrogens is 655 g/mol. The summed E-state index contributed by atoms with van der Waals surface area (Å²) >= 11 is 0. The SMILES string of the molecule is CC.Cc1ccc(-c2cccc(-c3ccc(-n4c5ccccc5c5ccc(-c6ccc7c(c6)c6ccccc6n7C6=CC7CC7C=C6)cc54)cc3)n2)cc1. The van der Waals surface area contributed by atoms with Gasteiger partial charge in [0, 0.05) is 44.1 Å². The summed E-state index contributed by atoms with van der Waals surface area (Å²) in [5.74, 6) is 1.43. The monoisotopic (exact) mass is 695 g/mol. The van der Waals surface area contributed by atoms with Crippen molar-refractivity contribution < 1.29 is 0 Å². The van der Waals surface area contributed by atoms with Gasteiger partial charge in [-0.1, -0.05) is 129 Å². The highest BCUT2D eigenvalue weighted by molar-refractivity contribution is 6.13. The summed E-state index contributed by atoms with van der Waals surface area (Å²) in [5, 5.41) is 5.09. The quantitative estimate of drug-likeness (QED) is 0.176. The van der Waals surface area contributed by atoms with Gasteiger partial charge >= 0.3 is 0 Å². The molecule has 0 spiro atoms. The van der Waals surface area contributed by atoms with Crippen LogP contribution in [-0.2, 0) is 0 Å². The maximum absolute atomic E-state index is 5.04. The fraction of sp³-hybridized carbons (Fsp3) is 0.118. The van der Waals surface area contributed by atoms with Crippen LogP contribution in [0.15, 0.2) is 170 Å². The Bertz CT molecular complexity index is 2930. The highest BCUT2D eigenvalue weighted by Gasteiger charge is 2.35. The Labute approximate surface area is 316 Å². The van der Waals surface area contributed by atoms with Crippen LogP contribution >= 0.6 is 0 Å². The minimum absolute atomic E-state index is 0.692. The first-order valence-electron chi connectivity index (χ1n) is 19.3. The number of nitrogens with zero attached hydrogens (tertiary/aromatic N) is 3. The molecule has 2 aliphatic carbocycles. The van der Waals surface area contributed by atoms with Gasteiger partial charge in [0.15, 0.2) is 0 Å². The highest BCUT2D eigenvalue weighted by Crippen LogP contribution is 2.46. The van der Waals surface area contributed by atoms with E-state index in [2.05, 4.69) is 186 Å². The average Bonchev–Trinajstić information content (AvgIpc) is 3.84. The molecule has 2 unspecified atom stereocenters. The topological polar surface area (TPSA) is 22.8 Å². The third kappa shape index (κ3) is 5.30. The van der Waals surface area contributed by atoms with Crippen LogP contribution in [-0.4, -0.2) is 14.1 Å². The molecule has 1 fully saturated rings. The molecule has 0 aliphatic heterocycles.